The van der Waals surface area contributed by atoms with Gasteiger partial charge in [-0.3, -0.25) is 0 Å². The monoisotopic (exact) mass is 402 g/mol. The Kier molecular flexibility index (Phi) is 5.88. The summed E-state index contributed by atoms with van der Waals surface area (Å²) in [4.78, 5) is 0. The van der Waals surface area contributed by atoms with Gasteiger partial charge >= 0.3 is 0 Å². The summed E-state index contributed by atoms with van der Waals surface area (Å²) in [5.41, 5.74) is 3.11. The Hall–Kier alpha value is -0.810. The second kappa shape index (κ2) is 7.45. The van der Waals surface area contributed by atoms with Gasteiger partial charge in [0.25, 0.3) is 0 Å². The molecule has 2 aromatic carbocycles. The Labute approximate surface area is 148 Å². The van der Waals surface area contributed by atoms with Crippen LogP contribution in [0, 0.1) is 6.92 Å². The first-order valence-corrected chi connectivity index (χ1v) is 8.16. The molecule has 2 N–H and O–H groups in total. The van der Waals surface area contributed by atoms with Crippen molar-refractivity contribution < 1.29 is 0 Å². The normalized spacial score (nSPS) is 10.3. The van der Waals surface area contributed by atoms with Gasteiger partial charge in [0.05, 0.1) is 10.0 Å². The van der Waals surface area contributed by atoms with Crippen molar-refractivity contribution in [2.45, 2.75) is 13.5 Å². The van der Waals surface area contributed by atoms with Crippen LogP contribution in [0.1, 0.15) is 11.1 Å². The van der Waals surface area contributed by atoms with Gasteiger partial charge in [-0.1, -0.05) is 45.2 Å². The fraction of sp³-hybridized carbons (Fsp3) is 0.133. The summed E-state index contributed by atoms with van der Waals surface area (Å²) in [5, 5.41) is 7.93. The van der Waals surface area contributed by atoms with Gasteiger partial charge in [-0.25, -0.2) is 0 Å². The molecule has 0 unspecified atom stereocenters. The number of anilines is 1. The van der Waals surface area contributed by atoms with Crippen molar-refractivity contribution in [3.8, 4) is 0 Å². The van der Waals surface area contributed by atoms with E-state index < -0.39 is 0 Å². The number of aryl methyl sites for hydroxylation is 1. The van der Waals surface area contributed by atoms with Crippen LogP contribution in [0.3, 0.4) is 0 Å². The lowest BCUT2D eigenvalue weighted by atomic mass is 10.2. The minimum atomic E-state index is 0.540. The van der Waals surface area contributed by atoms with Crippen molar-refractivity contribution in [3.05, 3.63) is 62.0 Å². The number of hydrogen-bond acceptors (Lipinski definition) is 1. The summed E-state index contributed by atoms with van der Waals surface area (Å²) in [6.07, 6.45) is 0. The van der Waals surface area contributed by atoms with Crippen molar-refractivity contribution in [1.29, 1.82) is 0 Å². The van der Waals surface area contributed by atoms with Gasteiger partial charge < -0.3 is 10.6 Å². The van der Waals surface area contributed by atoms with E-state index in [1.165, 1.54) is 0 Å². The standard InChI is InChI=1S/C15H13BrCl2N2S/c1-9-6-11(3-4-12(9)16)20-15(21)19-8-10-2-5-13(17)14(18)7-10/h2-7H,8H2,1H3,(H2,19,20,21). The molecule has 2 aromatic rings. The average Bonchev–Trinajstić information content (AvgIpc) is 2.44. The quantitative estimate of drug-likeness (QED) is 0.656. The van der Waals surface area contributed by atoms with Crippen molar-refractivity contribution >= 4 is 62.1 Å². The average molecular weight is 404 g/mol. The SMILES string of the molecule is Cc1cc(NC(=S)NCc2ccc(Cl)c(Cl)c2)ccc1Br. The molecule has 0 aliphatic carbocycles. The molecule has 0 saturated heterocycles. The van der Waals surface area contributed by atoms with E-state index in [1.54, 1.807) is 6.07 Å². The molecule has 110 valence electrons. The summed E-state index contributed by atoms with van der Waals surface area (Å²) in [5.74, 6) is 0. The van der Waals surface area contributed by atoms with Crippen LogP contribution in [-0.2, 0) is 6.54 Å². The summed E-state index contributed by atoms with van der Waals surface area (Å²) in [7, 11) is 0. The first-order valence-electron chi connectivity index (χ1n) is 6.20. The van der Waals surface area contributed by atoms with Crippen LogP contribution in [0.2, 0.25) is 10.0 Å². The molecule has 2 nitrogen and oxygen atoms in total. The van der Waals surface area contributed by atoms with E-state index in [0.717, 1.165) is 21.3 Å². The third-order valence-electron chi connectivity index (χ3n) is 2.85. The molecule has 2 rings (SSSR count). The molecular formula is C15H13BrCl2N2S. The highest BCUT2D eigenvalue weighted by atomic mass is 79.9. The van der Waals surface area contributed by atoms with E-state index in [4.69, 9.17) is 35.4 Å². The van der Waals surface area contributed by atoms with Crippen LogP contribution in [0.15, 0.2) is 40.9 Å². The zero-order chi connectivity index (χ0) is 15.4. The summed E-state index contributed by atoms with van der Waals surface area (Å²) in [6, 6.07) is 11.5. The largest absolute Gasteiger partial charge is 0.358 e. The van der Waals surface area contributed by atoms with Crippen molar-refractivity contribution in [1.82, 2.24) is 5.32 Å². The third-order valence-corrected chi connectivity index (χ3v) is 4.73. The van der Waals surface area contributed by atoms with Gasteiger partial charge in [0.15, 0.2) is 5.11 Å². The topological polar surface area (TPSA) is 24.1 Å². The number of halogens is 3. The molecule has 0 fully saturated rings. The summed E-state index contributed by atoms with van der Waals surface area (Å²) in [6.45, 7) is 2.61. The Bertz CT molecular complexity index is 677. The molecule has 6 heteroatoms. The van der Waals surface area contributed by atoms with E-state index >= 15 is 0 Å². The van der Waals surface area contributed by atoms with Crippen LogP contribution in [0.25, 0.3) is 0 Å². The zero-order valence-corrected chi connectivity index (χ0v) is 15.1. The molecule has 21 heavy (non-hydrogen) atoms. The van der Waals surface area contributed by atoms with Crippen LogP contribution in [-0.4, -0.2) is 5.11 Å². The fourth-order valence-electron chi connectivity index (χ4n) is 1.73. The fourth-order valence-corrected chi connectivity index (χ4v) is 2.49. The molecule has 0 heterocycles. The van der Waals surface area contributed by atoms with Crippen LogP contribution >= 0.6 is 51.3 Å². The number of nitrogens with one attached hydrogen (secondary N) is 2. The lowest BCUT2D eigenvalue weighted by Crippen LogP contribution is -2.27. The predicted octanol–water partition coefficient (Wildman–Crippen LogP) is 5.55. The Morgan fingerprint density at radius 2 is 1.90 bits per heavy atom. The molecular weight excluding hydrogens is 391 g/mol. The number of rotatable bonds is 3. The molecule has 0 aromatic heterocycles. The van der Waals surface area contributed by atoms with Crippen LogP contribution in [0.5, 0.6) is 0 Å². The highest BCUT2D eigenvalue weighted by Gasteiger charge is 2.02. The van der Waals surface area contributed by atoms with Gasteiger partial charge in [0.1, 0.15) is 0 Å². The third kappa shape index (κ3) is 4.85. The molecule has 0 bridgehead atoms. The minimum absolute atomic E-state index is 0.540. The molecule has 0 radical (unpaired) electrons. The Morgan fingerprint density at radius 3 is 2.57 bits per heavy atom. The van der Waals surface area contributed by atoms with E-state index in [1.807, 2.05) is 37.3 Å². The maximum atomic E-state index is 5.98. The summed E-state index contributed by atoms with van der Waals surface area (Å²) < 4.78 is 1.07. The second-order valence-corrected chi connectivity index (χ2v) is 6.60. The first kappa shape index (κ1) is 16.6. The van der Waals surface area contributed by atoms with Gasteiger partial charge in [-0.05, 0) is 60.6 Å². The van der Waals surface area contributed by atoms with Gasteiger partial charge in [0.2, 0.25) is 0 Å². The van der Waals surface area contributed by atoms with Crippen LogP contribution < -0.4 is 10.6 Å². The van der Waals surface area contributed by atoms with Gasteiger partial charge in [0, 0.05) is 16.7 Å². The Balaban J connectivity index is 1.92. The maximum Gasteiger partial charge on any atom is 0.171 e. The van der Waals surface area contributed by atoms with Crippen molar-refractivity contribution in [3.63, 3.8) is 0 Å². The lowest BCUT2D eigenvalue weighted by molar-refractivity contribution is 0.926. The summed E-state index contributed by atoms with van der Waals surface area (Å²) >= 11 is 20.6. The number of hydrogen-bond donors (Lipinski definition) is 2. The predicted molar refractivity (Wildman–Crippen MR) is 98.4 cm³/mol. The minimum Gasteiger partial charge on any atom is -0.358 e. The van der Waals surface area contributed by atoms with E-state index in [2.05, 4.69) is 26.6 Å². The number of thiocarbonyl (C=S) groups is 1. The van der Waals surface area contributed by atoms with E-state index in [-0.39, 0.29) is 0 Å². The van der Waals surface area contributed by atoms with Gasteiger partial charge in [-0.15, -0.1) is 0 Å². The molecule has 0 spiro atoms. The van der Waals surface area contributed by atoms with Gasteiger partial charge in [-0.2, -0.15) is 0 Å². The first-order chi connectivity index (χ1) is 9.95. The van der Waals surface area contributed by atoms with Crippen molar-refractivity contribution in [2.75, 3.05) is 5.32 Å². The molecule has 0 saturated carbocycles. The van der Waals surface area contributed by atoms with E-state index in [9.17, 15) is 0 Å². The number of benzene rings is 2. The highest BCUT2D eigenvalue weighted by Crippen LogP contribution is 2.22. The molecule has 0 amide bonds. The lowest BCUT2D eigenvalue weighted by Gasteiger charge is -2.12. The van der Waals surface area contributed by atoms with E-state index in [0.29, 0.717) is 21.7 Å². The van der Waals surface area contributed by atoms with Crippen LogP contribution in [0.4, 0.5) is 5.69 Å². The van der Waals surface area contributed by atoms with Crippen molar-refractivity contribution in [2.24, 2.45) is 0 Å². The molecule has 0 aliphatic rings. The zero-order valence-electron chi connectivity index (χ0n) is 11.2. The Morgan fingerprint density at radius 1 is 1.14 bits per heavy atom. The smallest absolute Gasteiger partial charge is 0.171 e. The molecule has 0 atom stereocenters. The second-order valence-electron chi connectivity index (χ2n) is 4.52. The highest BCUT2D eigenvalue weighted by molar-refractivity contribution is 9.10. The molecule has 0 aliphatic heterocycles. The maximum absolute atomic E-state index is 5.98.